The van der Waals surface area contributed by atoms with E-state index in [-0.39, 0.29) is 5.54 Å². The molecule has 0 aromatic heterocycles. The normalized spacial score (nSPS) is 21.8. The number of hydrogen-bond donors (Lipinski definition) is 0. The molecule has 1 fully saturated rings. The Labute approximate surface area is 112 Å². The van der Waals surface area contributed by atoms with E-state index in [0.29, 0.717) is 12.0 Å². The molecule has 1 saturated heterocycles. The fourth-order valence-electron chi connectivity index (χ4n) is 3.23. The van der Waals surface area contributed by atoms with Gasteiger partial charge in [-0.05, 0) is 57.2 Å². The second kappa shape index (κ2) is 5.05. The summed E-state index contributed by atoms with van der Waals surface area (Å²) < 4.78 is 0. The van der Waals surface area contributed by atoms with E-state index in [1.54, 1.807) is 5.56 Å². The van der Waals surface area contributed by atoms with Crippen LogP contribution in [0.3, 0.4) is 0 Å². The average molecular weight is 245 g/mol. The first-order chi connectivity index (χ1) is 8.41. The van der Waals surface area contributed by atoms with Crippen LogP contribution >= 0.6 is 0 Å². The number of hydrogen-bond acceptors (Lipinski definition) is 1. The molecular weight excluding hydrogens is 218 g/mol. The zero-order chi connectivity index (χ0) is 13.3. The predicted octanol–water partition coefficient (Wildman–Crippen LogP) is 4.75. The number of rotatable bonds is 2. The van der Waals surface area contributed by atoms with E-state index in [0.717, 1.165) is 0 Å². The third kappa shape index (κ3) is 2.61. The van der Waals surface area contributed by atoms with Crippen molar-refractivity contribution in [1.29, 1.82) is 0 Å². The molecule has 0 radical (unpaired) electrons. The summed E-state index contributed by atoms with van der Waals surface area (Å²) in [4.78, 5) is 2.67. The molecule has 1 nitrogen and oxygen atoms in total. The molecule has 0 N–H and O–H groups in total. The van der Waals surface area contributed by atoms with Crippen molar-refractivity contribution in [3.8, 4) is 0 Å². The number of benzene rings is 1. The van der Waals surface area contributed by atoms with Crippen LogP contribution in [0.15, 0.2) is 24.3 Å². The molecular formula is C17H27N. The van der Waals surface area contributed by atoms with Crippen LogP contribution in [0.5, 0.6) is 0 Å². The lowest BCUT2D eigenvalue weighted by atomic mass is 9.90. The van der Waals surface area contributed by atoms with Crippen LogP contribution in [0.25, 0.3) is 0 Å². The van der Waals surface area contributed by atoms with Gasteiger partial charge in [-0.15, -0.1) is 0 Å². The SMILES string of the molecule is CC(C)c1ccccc1[C@H]1CCCN1C(C)(C)C. The van der Waals surface area contributed by atoms with Gasteiger partial charge in [0.25, 0.3) is 0 Å². The zero-order valence-corrected chi connectivity index (χ0v) is 12.5. The second-order valence-electron chi connectivity index (χ2n) is 6.81. The quantitative estimate of drug-likeness (QED) is 0.727. The lowest BCUT2D eigenvalue weighted by Gasteiger charge is -2.38. The van der Waals surface area contributed by atoms with Gasteiger partial charge in [0.15, 0.2) is 0 Å². The molecule has 1 aromatic rings. The Morgan fingerprint density at radius 2 is 1.83 bits per heavy atom. The van der Waals surface area contributed by atoms with Crippen LogP contribution in [0.2, 0.25) is 0 Å². The third-order valence-corrected chi connectivity index (χ3v) is 4.09. The molecule has 0 saturated carbocycles. The smallest absolute Gasteiger partial charge is 0.0356 e. The summed E-state index contributed by atoms with van der Waals surface area (Å²) in [6.45, 7) is 12.8. The van der Waals surface area contributed by atoms with E-state index in [2.05, 4.69) is 63.8 Å². The monoisotopic (exact) mass is 245 g/mol. The molecule has 1 heterocycles. The molecule has 1 heteroatoms. The molecule has 0 amide bonds. The van der Waals surface area contributed by atoms with E-state index >= 15 is 0 Å². The van der Waals surface area contributed by atoms with Gasteiger partial charge in [0, 0.05) is 11.6 Å². The standard InChI is InChI=1S/C17H27N/c1-13(2)14-9-6-7-10-15(14)16-11-8-12-18(16)17(3,4)5/h6-7,9-10,13,16H,8,11-12H2,1-5H3/t16-/m1/s1. The van der Waals surface area contributed by atoms with Crippen molar-refractivity contribution in [3.63, 3.8) is 0 Å². The van der Waals surface area contributed by atoms with E-state index < -0.39 is 0 Å². The summed E-state index contributed by atoms with van der Waals surface area (Å²) in [5.41, 5.74) is 3.35. The average Bonchev–Trinajstić information content (AvgIpc) is 2.77. The molecule has 0 unspecified atom stereocenters. The Hall–Kier alpha value is -0.820. The van der Waals surface area contributed by atoms with Gasteiger partial charge < -0.3 is 0 Å². The highest BCUT2D eigenvalue weighted by molar-refractivity contribution is 5.33. The van der Waals surface area contributed by atoms with E-state index in [1.807, 2.05) is 0 Å². The van der Waals surface area contributed by atoms with Crippen LogP contribution in [0.1, 0.15) is 70.5 Å². The van der Waals surface area contributed by atoms with Crippen molar-refractivity contribution >= 4 is 0 Å². The van der Waals surface area contributed by atoms with Gasteiger partial charge in [-0.1, -0.05) is 38.1 Å². The maximum absolute atomic E-state index is 2.67. The van der Waals surface area contributed by atoms with Crippen molar-refractivity contribution in [2.75, 3.05) is 6.54 Å². The fraction of sp³-hybridized carbons (Fsp3) is 0.647. The van der Waals surface area contributed by atoms with Gasteiger partial charge in [0.05, 0.1) is 0 Å². The predicted molar refractivity (Wildman–Crippen MR) is 79.0 cm³/mol. The Kier molecular flexibility index (Phi) is 3.82. The Balaban J connectivity index is 2.36. The molecule has 1 aromatic carbocycles. The summed E-state index contributed by atoms with van der Waals surface area (Å²) in [5.74, 6) is 0.614. The van der Waals surface area contributed by atoms with Crippen LogP contribution in [-0.2, 0) is 0 Å². The second-order valence-corrected chi connectivity index (χ2v) is 6.81. The fourth-order valence-corrected chi connectivity index (χ4v) is 3.23. The van der Waals surface area contributed by atoms with E-state index in [4.69, 9.17) is 0 Å². The highest BCUT2D eigenvalue weighted by Gasteiger charge is 2.34. The van der Waals surface area contributed by atoms with Gasteiger partial charge in [-0.3, -0.25) is 4.90 Å². The van der Waals surface area contributed by atoms with Crippen molar-refractivity contribution in [3.05, 3.63) is 35.4 Å². The van der Waals surface area contributed by atoms with Gasteiger partial charge in [0.1, 0.15) is 0 Å². The molecule has 18 heavy (non-hydrogen) atoms. The van der Waals surface area contributed by atoms with Gasteiger partial charge in [0.2, 0.25) is 0 Å². The highest BCUT2D eigenvalue weighted by Crippen LogP contribution is 2.39. The number of likely N-dealkylation sites (tertiary alicyclic amines) is 1. The van der Waals surface area contributed by atoms with Crippen LogP contribution in [0, 0.1) is 0 Å². The lowest BCUT2D eigenvalue weighted by molar-refractivity contribution is 0.121. The number of nitrogens with zero attached hydrogens (tertiary/aromatic N) is 1. The van der Waals surface area contributed by atoms with Crippen molar-refractivity contribution in [2.45, 2.75) is 65.0 Å². The summed E-state index contributed by atoms with van der Waals surface area (Å²) in [7, 11) is 0. The largest absolute Gasteiger partial charge is 0.291 e. The van der Waals surface area contributed by atoms with Crippen LogP contribution < -0.4 is 0 Å². The Morgan fingerprint density at radius 3 is 2.44 bits per heavy atom. The molecule has 0 spiro atoms. The summed E-state index contributed by atoms with van der Waals surface area (Å²) in [6.07, 6.45) is 2.63. The van der Waals surface area contributed by atoms with Gasteiger partial charge >= 0.3 is 0 Å². The minimum absolute atomic E-state index is 0.269. The highest BCUT2D eigenvalue weighted by atomic mass is 15.2. The van der Waals surface area contributed by atoms with Crippen LogP contribution in [-0.4, -0.2) is 17.0 Å². The minimum atomic E-state index is 0.269. The maximum atomic E-state index is 2.67. The van der Waals surface area contributed by atoms with Crippen molar-refractivity contribution in [1.82, 2.24) is 4.90 Å². The van der Waals surface area contributed by atoms with Gasteiger partial charge in [-0.2, -0.15) is 0 Å². The first-order valence-electron chi connectivity index (χ1n) is 7.27. The summed E-state index contributed by atoms with van der Waals surface area (Å²) in [5, 5.41) is 0. The first-order valence-corrected chi connectivity index (χ1v) is 7.27. The Bertz CT molecular complexity index is 400. The first kappa shape index (κ1) is 13.6. The molecule has 0 bridgehead atoms. The van der Waals surface area contributed by atoms with E-state index in [9.17, 15) is 0 Å². The van der Waals surface area contributed by atoms with E-state index in [1.165, 1.54) is 24.9 Å². The van der Waals surface area contributed by atoms with Crippen molar-refractivity contribution < 1.29 is 0 Å². The Morgan fingerprint density at radius 1 is 1.17 bits per heavy atom. The topological polar surface area (TPSA) is 3.24 Å². The van der Waals surface area contributed by atoms with Crippen LogP contribution in [0.4, 0.5) is 0 Å². The zero-order valence-electron chi connectivity index (χ0n) is 12.5. The van der Waals surface area contributed by atoms with Gasteiger partial charge in [-0.25, -0.2) is 0 Å². The molecule has 1 atom stereocenters. The molecule has 1 aliphatic heterocycles. The molecule has 100 valence electrons. The third-order valence-electron chi connectivity index (χ3n) is 4.09. The molecule has 1 aliphatic rings. The maximum Gasteiger partial charge on any atom is 0.0356 e. The molecule has 2 rings (SSSR count). The summed E-state index contributed by atoms with van der Waals surface area (Å²) >= 11 is 0. The summed E-state index contributed by atoms with van der Waals surface area (Å²) in [6, 6.07) is 9.63. The van der Waals surface area contributed by atoms with Crippen molar-refractivity contribution in [2.24, 2.45) is 0 Å². The minimum Gasteiger partial charge on any atom is -0.291 e. The lowest BCUT2D eigenvalue weighted by Crippen LogP contribution is -2.40. The molecule has 0 aliphatic carbocycles.